The SMILES string of the molecule is COC[C@H]1C(=O)NCC(=O)N2NCCCC2C(=O)N(O)[C@H](C)C(=O)O[C@@H](C(C)C)[C@H](NC(=O)[C@](C)(O)[C@]2(O)CC[C@@H](CC(C)C)[C@H](C)O2)C(=O)N2NCCCC2C(=O)N1O. The number of fused-ring (bicyclic) bond motifs is 2. The predicted octanol–water partition coefficient (Wildman–Crippen LogP) is -1.70. The Morgan fingerprint density at radius 1 is 0.933 bits per heavy atom. The number of nitrogens with one attached hydrogen (secondary N) is 4. The van der Waals surface area contributed by atoms with Crippen LogP contribution in [0.4, 0.5) is 0 Å². The van der Waals surface area contributed by atoms with Crippen molar-refractivity contribution in [2.45, 2.75) is 147 Å². The minimum atomic E-state index is -2.72. The molecule has 6 amide bonds. The minimum Gasteiger partial charge on any atom is -0.458 e. The van der Waals surface area contributed by atoms with E-state index in [-0.39, 0.29) is 48.4 Å². The van der Waals surface area contributed by atoms with Crippen LogP contribution in [0.3, 0.4) is 0 Å². The molecule has 2 unspecified atom stereocenters. The Morgan fingerprint density at radius 2 is 1.52 bits per heavy atom. The summed E-state index contributed by atoms with van der Waals surface area (Å²) in [6.45, 7) is 10.1. The number of esters is 1. The first-order valence-electron chi connectivity index (χ1n) is 20.6. The fraction of sp³-hybridized carbons (Fsp3) is 0.816. The van der Waals surface area contributed by atoms with Gasteiger partial charge in [-0.3, -0.25) is 49.2 Å². The monoisotopic (exact) mass is 856 g/mol. The number of methoxy groups -OCH3 is 1. The normalized spacial score (nSPS) is 33.3. The van der Waals surface area contributed by atoms with E-state index in [9.17, 15) is 54.2 Å². The first-order chi connectivity index (χ1) is 28.1. The van der Waals surface area contributed by atoms with Gasteiger partial charge in [0.2, 0.25) is 11.7 Å². The lowest BCUT2D eigenvalue weighted by Crippen LogP contribution is -2.70. The molecule has 0 aromatic carbocycles. The van der Waals surface area contributed by atoms with Crippen molar-refractivity contribution < 1.29 is 68.4 Å². The number of aliphatic hydroxyl groups is 2. The summed E-state index contributed by atoms with van der Waals surface area (Å²) in [5, 5.41) is 52.5. The van der Waals surface area contributed by atoms with Crippen molar-refractivity contribution in [2.75, 3.05) is 33.4 Å². The first kappa shape index (κ1) is 48.6. The molecule has 22 nitrogen and oxygen atoms in total. The van der Waals surface area contributed by atoms with Gasteiger partial charge in [0.1, 0.15) is 24.2 Å². The Labute approximate surface area is 349 Å². The Morgan fingerprint density at radius 3 is 2.08 bits per heavy atom. The van der Waals surface area contributed by atoms with Gasteiger partial charge in [0.25, 0.3) is 29.5 Å². The van der Waals surface area contributed by atoms with E-state index in [0.717, 1.165) is 30.3 Å². The molecular weight excluding hydrogens is 792 g/mol. The number of carbonyl (C=O) groups is 7. The van der Waals surface area contributed by atoms with Crippen LogP contribution < -0.4 is 21.5 Å². The van der Waals surface area contributed by atoms with Crippen molar-refractivity contribution in [1.29, 1.82) is 0 Å². The van der Waals surface area contributed by atoms with Gasteiger partial charge >= 0.3 is 5.97 Å². The number of carbonyl (C=O) groups excluding carboxylic acids is 7. The summed E-state index contributed by atoms with van der Waals surface area (Å²) in [4.78, 5) is 97.5. The van der Waals surface area contributed by atoms with Crippen molar-refractivity contribution in [3.05, 3.63) is 0 Å². The molecule has 0 aromatic rings. The maximum atomic E-state index is 14.8. The number of cyclic esters (lactones) is 1. The van der Waals surface area contributed by atoms with Crippen molar-refractivity contribution in [1.82, 2.24) is 41.6 Å². The summed E-state index contributed by atoms with van der Waals surface area (Å²) in [7, 11) is 1.20. The van der Waals surface area contributed by atoms with Crippen LogP contribution in [0.15, 0.2) is 0 Å². The zero-order valence-corrected chi connectivity index (χ0v) is 35.7. The van der Waals surface area contributed by atoms with Crippen LogP contribution in [0.1, 0.15) is 93.4 Å². The Kier molecular flexibility index (Phi) is 16.4. The predicted molar refractivity (Wildman–Crippen MR) is 206 cm³/mol. The summed E-state index contributed by atoms with van der Waals surface area (Å²) in [5.41, 5.74) is 2.83. The van der Waals surface area contributed by atoms with Crippen LogP contribution in [-0.4, -0.2) is 169 Å². The van der Waals surface area contributed by atoms with Gasteiger partial charge in [-0.1, -0.05) is 27.7 Å². The molecular formula is C38H64N8O14. The second-order valence-electron chi connectivity index (χ2n) is 17.0. The van der Waals surface area contributed by atoms with E-state index in [2.05, 4.69) is 21.5 Å². The second kappa shape index (κ2) is 20.2. The molecule has 4 fully saturated rings. The van der Waals surface area contributed by atoms with Crippen LogP contribution in [0.2, 0.25) is 0 Å². The van der Waals surface area contributed by atoms with E-state index in [1.807, 2.05) is 13.8 Å². The summed E-state index contributed by atoms with van der Waals surface area (Å²) < 4.78 is 16.9. The summed E-state index contributed by atoms with van der Waals surface area (Å²) in [6.07, 6.45) is -0.563. The van der Waals surface area contributed by atoms with E-state index < -0.39 is 114 Å². The number of hydroxylamine groups is 4. The lowest BCUT2D eigenvalue weighted by molar-refractivity contribution is -0.326. The third kappa shape index (κ3) is 10.5. The first-order valence-corrected chi connectivity index (χ1v) is 20.6. The molecule has 4 saturated heterocycles. The lowest BCUT2D eigenvalue weighted by Gasteiger charge is -2.47. The van der Waals surface area contributed by atoms with Crippen molar-refractivity contribution in [3.63, 3.8) is 0 Å². The fourth-order valence-corrected chi connectivity index (χ4v) is 8.03. The molecule has 8 N–H and O–H groups in total. The third-order valence-electron chi connectivity index (χ3n) is 11.7. The standard InChI is InChI=1S/C38H64N8O14/c1-20(2)17-24-13-14-38(55,60-23(24)6)37(7,54)36(53)42-29-30(21(3)4)59-35(52)22(5)45(56)32(49)25-11-9-15-40-43(25)28(47)18-39-31(48)27(19-58-8)46(57)33(50)26-12-10-16-41-44(26)34(29)51/h20-27,29-30,40-41,54-57H,9-19H2,1-8H3,(H,39,48)(H,42,53)/t22-,23+,24+,25?,26?,27+,29+,30+,37+,38+/m1/s1. The van der Waals surface area contributed by atoms with Crippen molar-refractivity contribution in [2.24, 2.45) is 17.8 Å². The zero-order valence-electron chi connectivity index (χ0n) is 35.7. The van der Waals surface area contributed by atoms with Gasteiger partial charge in [-0.2, -0.15) is 0 Å². The molecule has 0 radical (unpaired) electrons. The van der Waals surface area contributed by atoms with Crippen LogP contribution >= 0.6 is 0 Å². The Hall–Kier alpha value is -4.03. The number of rotatable bonds is 8. The maximum Gasteiger partial charge on any atom is 0.331 e. The largest absolute Gasteiger partial charge is 0.458 e. The molecule has 0 spiro atoms. The third-order valence-corrected chi connectivity index (χ3v) is 11.7. The van der Waals surface area contributed by atoms with E-state index in [4.69, 9.17) is 14.2 Å². The van der Waals surface area contributed by atoms with Crippen molar-refractivity contribution >= 4 is 41.4 Å². The van der Waals surface area contributed by atoms with Gasteiger partial charge in [0.05, 0.1) is 19.3 Å². The van der Waals surface area contributed by atoms with E-state index in [0.29, 0.717) is 25.2 Å². The van der Waals surface area contributed by atoms with Crippen LogP contribution in [0.25, 0.3) is 0 Å². The fourth-order valence-electron chi connectivity index (χ4n) is 8.03. The molecule has 4 aliphatic rings. The Bertz CT molecular complexity index is 1600. The smallest absolute Gasteiger partial charge is 0.331 e. The summed E-state index contributed by atoms with van der Waals surface area (Å²) in [5.74, 6) is -10.7. The summed E-state index contributed by atoms with van der Waals surface area (Å²) >= 11 is 0. The topological polar surface area (TPSA) is 289 Å². The van der Waals surface area contributed by atoms with Crippen molar-refractivity contribution in [3.8, 4) is 0 Å². The van der Waals surface area contributed by atoms with Crippen LogP contribution in [0.5, 0.6) is 0 Å². The highest BCUT2D eigenvalue weighted by Crippen LogP contribution is 2.40. The number of ether oxygens (including phenoxy) is 3. The number of hydrazine groups is 2. The van der Waals surface area contributed by atoms with Crippen LogP contribution in [0, 0.1) is 17.8 Å². The number of nitrogens with zero attached hydrogens (tertiary/aromatic N) is 4. The number of amides is 6. The molecule has 22 heteroatoms. The van der Waals surface area contributed by atoms with E-state index in [1.165, 1.54) is 21.0 Å². The Balaban J connectivity index is 1.79. The maximum absolute atomic E-state index is 14.8. The van der Waals surface area contributed by atoms with E-state index in [1.54, 1.807) is 6.92 Å². The molecule has 0 aliphatic carbocycles. The lowest BCUT2D eigenvalue weighted by atomic mass is 9.79. The molecule has 0 saturated carbocycles. The van der Waals surface area contributed by atoms with Crippen LogP contribution in [-0.2, 0) is 47.8 Å². The molecule has 0 aromatic heterocycles. The molecule has 4 aliphatic heterocycles. The minimum absolute atomic E-state index is 0.0137. The highest BCUT2D eigenvalue weighted by Gasteiger charge is 2.57. The highest BCUT2D eigenvalue weighted by molar-refractivity contribution is 5.97. The molecule has 10 atom stereocenters. The van der Waals surface area contributed by atoms with Gasteiger partial charge in [-0.05, 0) is 77.0 Å². The number of hydrogen-bond acceptors (Lipinski definition) is 16. The molecule has 60 heavy (non-hydrogen) atoms. The highest BCUT2D eigenvalue weighted by atomic mass is 16.6. The molecule has 0 bridgehead atoms. The average molecular weight is 857 g/mol. The number of hydrogen-bond donors (Lipinski definition) is 8. The quantitative estimate of drug-likeness (QED) is 0.0998. The molecule has 340 valence electrons. The van der Waals surface area contributed by atoms with Gasteiger partial charge in [-0.15, -0.1) is 0 Å². The molecule has 4 heterocycles. The molecule has 4 rings (SSSR count). The van der Waals surface area contributed by atoms with E-state index >= 15 is 0 Å². The van der Waals surface area contributed by atoms with Gasteiger partial charge in [0, 0.05) is 26.6 Å². The average Bonchev–Trinajstić information content (AvgIpc) is 3.21. The van der Waals surface area contributed by atoms with Gasteiger partial charge in [-0.25, -0.2) is 25.8 Å². The summed E-state index contributed by atoms with van der Waals surface area (Å²) in [6, 6.07) is -8.32. The zero-order chi connectivity index (χ0) is 44.9. The van der Waals surface area contributed by atoms with Gasteiger partial charge < -0.3 is 35.1 Å². The second-order valence-corrected chi connectivity index (χ2v) is 17.0. The van der Waals surface area contributed by atoms with Gasteiger partial charge in [0.15, 0.2) is 17.7 Å².